The van der Waals surface area contributed by atoms with Gasteiger partial charge < -0.3 is 10.0 Å². The summed E-state index contributed by atoms with van der Waals surface area (Å²) in [6.07, 6.45) is 0. The lowest BCUT2D eigenvalue weighted by atomic mass is 9.81. The molecule has 0 atom stereocenters. The third-order valence-electron chi connectivity index (χ3n) is 1.15. The maximum absolute atomic E-state index is 8.65. The molecule has 0 spiro atoms. The van der Waals surface area contributed by atoms with Gasteiger partial charge in [-0.05, 0) is 17.6 Å². The van der Waals surface area contributed by atoms with Crippen molar-refractivity contribution in [3.63, 3.8) is 0 Å². The van der Waals surface area contributed by atoms with Crippen LogP contribution in [-0.4, -0.2) is 32.6 Å². The van der Waals surface area contributed by atoms with E-state index in [4.69, 9.17) is 21.6 Å². The van der Waals surface area contributed by atoms with Gasteiger partial charge in [0.2, 0.25) is 0 Å². The molecule has 0 aliphatic carbocycles. The van der Waals surface area contributed by atoms with Crippen LogP contribution in [0.4, 0.5) is 0 Å². The Morgan fingerprint density at radius 2 is 1.83 bits per heavy atom. The normalized spacial score (nSPS) is 8.25. The van der Waals surface area contributed by atoms with Gasteiger partial charge in [-0.2, -0.15) is 0 Å². The van der Waals surface area contributed by atoms with E-state index in [1.807, 2.05) is 0 Å². The monoisotopic (exact) mass is 178 g/mol. The Balaban J connectivity index is 0.000000561. The summed E-state index contributed by atoms with van der Waals surface area (Å²) in [5.74, 6) is 0. The van der Waals surface area contributed by atoms with Crippen LogP contribution < -0.4 is 5.46 Å². The van der Waals surface area contributed by atoms with E-state index in [0.717, 1.165) is 0 Å². The van der Waals surface area contributed by atoms with Crippen LogP contribution in [0, 0.1) is 0 Å². The first-order valence-electron chi connectivity index (χ1n) is 3.15. The highest BCUT2D eigenvalue weighted by atomic mass is 35.5. The van der Waals surface area contributed by atoms with Gasteiger partial charge in [-0.25, -0.2) is 0 Å². The van der Waals surface area contributed by atoms with Gasteiger partial charge in [0, 0.05) is 20.5 Å². The van der Waals surface area contributed by atoms with Gasteiger partial charge in [-0.15, -0.1) is 0 Å². The summed E-state index contributed by atoms with van der Waals surface area (Å²) in [7, 11) is 6.57. The molecule has 1 aromatic carbocycles. The quantitative estimate of drug-likeness (QED) is 0.556. The van der Waals surface area contributed by atoms with Crippen LogP contribution >= 0.6 is 11.6 Å². The number of halogens is 1. The van der Waals surface area contributed by atoms with Crippen molar-refractivity contribution < 1.29 is 10.0 Å². The summed E-state index contributed by atoms with van der Waals surface area (Å²) in [4.78, 5) is 0. The molecule has 0 unspecified atom stereocenters. The first kappa shape index (κ1) is 11.6. The minimum absolute atomic E-state index is 0.410. The second-order valence-corrected chi connectivity index (χ2v) is 2.37. The topological polar surface area (TPSA) is 40.5 Å². The van der Waals surface area contributed by atoms with Gasteiger partial charge >= 0.3 is 7.12 Å². The molecular formula is C6H6B3ClO2. The van der Waals surface area contributed by atoms with Crippen LogP contribution in [-0.2, 0) is 0 Å². The largest absolute Gasteiger partial charge is 0.488 e. The third kappa shape index (κ3) is 3.86. The fourth-order valence-corrected chi connectivity index (χ4v) is 0.866. The predicted molar refractivity (Wildman–Crippen MR) is 52.8 cm³/mol. The van der Waals surface area contributed by atoms with Crippen molar-refractivity contribution in [3.8, 4) is 0 Å². The third-order valence-corrected chi connectivity index (χ3v) is 1.38. The second-order valence-electron chi connectivity index (χ2n) is 1.93. The van der Waals surface area contributed by atoms with E-state index in [1.165, 1.54) is 6.07 Å². The molecule has 0 fully saturated rings. The van der Waals surface area contributed by atoms with Crippen molar-refractivity contribution in [1.29, 1.82) is 0 Å². The van der Waals surface area contributed by atoms with Crippen molar-refractivity contribution in [2.45, 2.75) is 0 Å². The summed E-state index contributed by atoms with van der Waals surface area (Å²) in [5, 5.41) is 17.8. The Bertz CT molecular complexity index is 232. The lowest BCUT2D eigenvalue weighted by Gasteiger charge is -1.97. The maximum Gasteiger partial charge on any atom is 0.488 e. The average Bonchev–Trinajstić information content (AvgIpc) is 2.08. The molecule has 0 saturated heterocycles. The Kier molecular flexibility index (Phi) is 5.98. The molecule has 0 saturated carbocycles. The minimum Gasteiger partial charge on any atom is -0.423 e. The zero-order chi connectivity index (χ0) is 9.56. The Hall–Kier alpha value is -0.375. The molecule has 6 heteroatoms. The van der Waals surface area contributed by atoms with Crippen molar-refractivity contribution in [2.24, 2.45) is 0 Å². The number of rotatable bonds is 1. The van der Waals surface area contributed by atoms with Gasteiger partial charge in [0.25, 0.3) is 0 Å². The smallest absolute Gasteiger partial charge is 0.423 e. The van der Waals surface area contributed by atoms with Crippen LogP contribution in [0.1, 0.15) is 0 Å². The van der Waals surface area contributed by atoms with Crippen LogP contribution in [0.3, 0.4) is 0 Å². The zero-order valence-electron chi connectivity index (χ0n) is 6.31. The van der Waals surface area contributed by atoms with E-state index in [0.29, 0.717) is 10.5 Å². The van der Waals surface area contributed by atoms with Gasteiger partial charge in [-0.1, -0.05) is 23.7 Å². The fraction of sp³-hybridized carbons (Fsp3) is 0. The number of benzene rings is 1. The Labute approximate surface area is 79.5 Å². The summed E-state index contributed by atoms with van der Waals surface area (Å²) in [6, 6.07) is 6.44. The molecule has 0 aliphatic heterocycles. The molecule has 1 aromatic rings. The molecule has 0 heterocycles. The molecule has 2 nitrogen and oxygen atoms in total. The van der Waals surface area contributed by atoms with Crippen LogP contribution in [0.15, 0.2) is 24.3 Å². The molecule has 0 bridgehead atoms. The molecule has 58 valence electrons. The highest BCUT2D eigenvalue weighted by molar-refractivity contribution is 6.75. The van der Waals surface area contributed by atoms with E-state index in [1.54, 1.807) is 18.2 Å². The fourth-order valence-electron chi connectivity index (χ4n) is 0.667. The average molecular weight is 178 g/mol. The standard InChI is InChI=1S/C6H6BClO2.B2/c8-6-3-1-2-5(4-6)7(9)10;1-2/h1-4,9-10H;. The Morgan fingerprint density at radius 1 is 1.25 bits per heavy atom. The lowest BCUT2D eigenvalue weighted by molar-refractivity contribution is 0.426. The first-order chi connectivity index (χ1) is 5.70. The van der Waals surface area contributed by atoms with E-state index in [2.05, 4.69) is 15.5 Å². The van der Waals surface area contributed by atoms with Gasteiger partial charge in [0.1, 0.15) is 0 Å². The maximum atomic E-state index is 8.65. The number of hydrogen-bond acceptors (Lipinski definition) is 2. The van der Waals surface area contributed by atoms with Crippen molar-refractivity contribution in [1.82, 2.24) is 0 Å². The van der Waals surface area contributed by atoms with E-state index in [9.17, 15) is 0 Å². The molecule has 0 aliphatic rings. The van der Waals surface area contributed by atoms with E-state index in [-0.39, 0.29) is 0 Å². The minimum atomic E-state index is -1.43. The van der Waals surface area contributed by atoms with Crippen molar-refractivity contribution in [3.05, 3.63) is 29.3 Å². The molecule has 12 heavy (non-hydrogen) atoms. The molecule has 0 amide bonds. The SMILES string of the molecule is OB(O)c1cccc(Cl)c1.[B][B]. The zero-order valence-corrected chi connectivity index (χ0v) is 7.07. The van der Waals surface area contributed by atoms with Crippen molar-refractivity contribution in [2.75, 3.05) is 0 Å². The molecule has 4 radical (unpaired) electrons. The summed E-state index contributed by atoms with van der Waals surface area (Å²) < 4.78 is 0. The summed E-state index contributed by atoms with van der Waals surface area (Å²) >= 11 is 5.57. The van der Waals surface area contributed by atoms with Gasteiger partial charge in [-0.3, -0.25) is 0 Å². The lowest BCUT2D eigenvalue weighted by Crippen LogP contribution is -2.29. The van der Waals surface area contributed by atoms with E-state index >= 15 is 0 Å². The first-order valence-corrected chi connectivity index (χ1v) is 3.53. The van der Waals surface area contributed by atoms with Gasteiger partial charge in [0.05, 0.1) is 0 Å². The molecule has 0 aromatic heterocycles. The molecule has 1 rings (SSSR count). The molecular weight excluding hydrogens is 172 g/mol. The van der Waals surface area contributed by atoms with Gasteiger partial charge in [0.15, 0.2) is 0 Å². The van der Waals surface area contributed by atoms with Crippen LogP contribution in [0.25, 0.3) is 0 Å². The Morgan fingerprint density at radius 3 is 2.17 bits per heavy atom. The highest BCUT2D eigenvalue weighted by Gasteiger charge is 2.09. The molecule has 2 N–H and O–H groups in total. The summed E-state index contributed by atoms with van der Waals surface area (Å²) in [5.41, 5.74) is 0.410. The number of hydrogen-bond donors (Lipinski definition) is 2. The van der Waals surface area contributed by atoms with Crippen molar-refractivity contribution >= 4 is 39.7 Å². The van der Waals surface area contributed by atoms with Crippen LogP contribution in [0.2, 0.25) is 5.02 Å². The highest BCUT2D eigenvalue weighted by Crippen LogP contribution is 2.03. The van der Waals surface area contributed by atoms with Crippen LogP contribution in [0.5, 0.6) is 0 Å². The van der Waals surface area contributed by atoms with E-state index < -0.39 is 7.12 Å². The predicted octanol–water partition coefficient (Wildman–Crippen LogP) is -0.742. The second kappa shape index (κ2) is 6.18. The summed E-state index contributed by atoms with van der Waals surface area (Å²) in [6.45, 7) is 0.